The summed E-state index contributed by atoms with van der Waals surface area (Å²) in [5, 5.41) is 2.77. The quantitative estimate of drug-likeness (QED) is 0.880. The van der Waals surface area contributed by atoms with Crippen molar-refractivity contribution in [1.82, 2.24) is 5.32 Å². The van der Waals surface area contributed by atoms with Crippen LogP contribution in [-0.2, 0) is 10.8 Å². The van der Waals surface area contributed by atoms with Crippen LogP contribution in [0.1, 0.15) is 46.0 Å². The lowest BCUT2D eigenvalue weighted by Crippen LogP contribution is -2.28. The SMILES string of the molecule is CC1(C)CCC2=C(C1)Oc1cc(OC(=O)NCC3CC3)ccc1S2=O. The van der Waals surface area contributed by atoms with E-state index in [0.29, 0.717) is 28.9 Å². The zero-order valence-electron chi connectivity index (χ0n) is 14.6. The average molecular weight is 361 g/mol. The van der Waals surface area contributed by atoms with E-state index in [9.17, 15) is 9.00 Å². The van der Waals surface area contributed by atoms with Crippen molar-refractivity contribution in [3.05, 3.63) is 28.9 Å². The lowest BCUT2D eigenvalue weighted by Gasteiger charge is -2.34. The first-order valence-corrected chi connectivity index (χ1v) is 9.98. The van der Waals surface area contributed by atoms with Crippen LogP contribution >= 0.6 is 0 Å². The molecular formula is C19H23NO4S. The summed E-state index contributed by atoms with van der Waals surface area (Å²) in [6.45, 7) is 5.06. The van der Waals surface area contributed by atoms with Gasteiger partial charge in [-0.15, -0.1) is 0 Å². The van der Waals surface area contributed by atoms with Crippen LogP contribution < -0.4 is 14.8 Å². The van der Waals surface area contributed by atoms with Crippen LogP contribution in [-0.4, -0.2) is 16.8 Å². The van der Waals surface area contributed by atoms with E-state index in [1.165, 1.54) is 12.8 Å². The topological polar surface area (TPSA) is 64.6 Å². The van der Waals surface area contributed by atoms with Gasteiger partial charge >= 0.3 is 6.09 Å². The molecule has 1 saturated carbocycles. The summed E-state index contributed by atoms with van der Waals surface area (Å²) in [4.78, 5) is 13.4. The van der Waals surface area contributed by atoms with Crippen molar-refractivity contribution in [2.75, 3.05) is 6.54 Å². The van der Waals surface area contributed by atoms with Gasteiger partial charge in [-0.25, -0.2) is 9.00 Å². The molecule has 0 bridgehead atoms. The first-order valence-electron chi connectivity index (χ1n) is 8.83. The number of hydrogen-bond acceptors (Lipinski definition) is 4. The van der Waals surface area contributed by atoms with Gasteiger partial charge in [-0.05, 0) is 49.1 Å². The lowest BCUT2D eigenvalue weighted by atomic mass is 9.80. The molecule has 1 N–H and O–H groups in total. The molecule has 1 heterocycles. The van der Waals surface area contributed by atoms with E-state index in [1.807, 2.05) is 0 Å². The van der Waals surface area contributed by atoms with Crippen LogP contribution in [0.4, 0.5) is 4.79 Å². The van der Waals surface area contributed by atoms with Crippen molar-refractivity contribution in [2.24, 2.45) is 11.3 Å². The van der Waals surface area contributed by atoms with Gasteiger partial charge in [0, 0.05) is 19.0 Å². The number of rotatable bonds is 3. The van der Waals surface area contributed by atoms with E-state index in [0.717, 1.165) is 29.9 Å². The molecule has 2 aliphatic carbocycles. The second-order valence-corrected chi connectivity index (χ2v) is 9.35. The number of allylic oxidation sites excluding steroid dienone is 2. The Hall–Kier alpha value is -1.82. The van der Waals surface area contributed by atoms with E-state index < -0.39 is 16.9 Å². The Balaban J connectivity index is 1.50. The largest absolute Gasteiger partial charge is 0.459 e. The van der Waals surface area contributed by atoms with E-state index in [-0.39, 0.29) is 5.41 Å². The fourth-order valence-electron chi connectivity index (χ4n) is 3.25. The number of nitrogens with one attached hydrogen (secondary N) is 1. The first kappa shape index (κ1) is 16.6. The molecule has 1 fully saturated rings. The molecule has 3 aliphatic rings. The number of ether oxygens (including phenoxy) is 2. The third-order valence-corrected chi connectivity index (χ3v) is 6.61. The van der Waals surface area contributed by atoms with Crippen LogP contribution in [0.5, 0.6) is 11.5 Å². The predicted octanol–water partition coefficient (Wildman–Crippen LogP) is 4.11. The number of amides is 1. The summed E-state index contributed by atoms with van der Waals surface area (Å²) in [5.74, 6) is 2.35. The van der Waals surface area contributed by atoms with E-state index in [1.54, 1.807) is 18.2 Å². The number of carbonyl (C=O) groups excluding carboxylic acids is 1. The molecule has 0 aromatic heterocycles. The van der Waals surface area contributed by atoms with Crippen LogP contribution in [0.3, 0.4) is 0 Å². The second-order valence-electron chi connectivity index (χ2n) is 7.88. The Labute approximate surface area is 150 Å². The van der Waals surface area contributed by atoms with Crippen LogP contribution in [0.2, 0.25) is 0 Å². The molecule has 134 valence electrons. The molecule has 1 aromatic carbocycles. The van der Waals surface area contributed by atoms with Gasteiger partial charge in [0.15, 0.2) is 0 Å². The zero-order chi connectivity index (χ0) is 17.6. The van der Waals surface area contributed by atoms with Gasteiger partial charge in [-0.3, -0.25) is 0 Å². The summed E-state index contributed by atoms with van der Waals surface area (Å²) >= 11 is 0. The van der Waals surface area contributed by atoms with Gasteiger partial charge in [0.25, 0.3) is 0 Å². The van der Waals surface area contributed by atoms with E-state index in [2.05, 4.69) is 19.2 Å². The molecule has 0 radical (unpaired) electrons. The van der Waals surface area contributed by atoms with Crippen molar-refractivity contribution in [3.8, 4) is 11.5 Å². The smallest absolute Gasteiger partial charge is 0.412 e. The van der Waals surface area contributed by atoms with Crippen molar-refractivity contribution in [2.45, 2.75) is 50.8 Å². The summed E-state index contributed by atoms with van der Waals surface area (Å²) in [6.07, 6.45) is 4.48. The van der Waals surface area contributed by atoms with Gasteiger partial charge in [0.1, 0.15) is 17.3 Å². The second kappa shape index (κ2) is 6.16. The molecule has 25 heavy (non-hydrogen) atoms. The highest BCUT2D eigenvalue weighted by Crippen LogP contribution is 2.46. The standard InChI is InChI=1S/C19H23NO4S/c1-19(2)8-7-17-15(10-19)24-14-9-13(5-6-16(14)25(17)22)23-18(21)20-11-12-3-4-12/h5-6,9,12H,3-4,7-8,10-11H2,1-2H3,(H,20,21). The van der Waals surface area contributed by atoms with Crippen molar-refractivity contribution in [1.29, 1.82) is 0 Å². The normalized spacial score (nSPS) is 24.0. The Morgan fingerprint density at radius 3 is 2.96 bits per heavy atom. The maximum atomic E-state index is 12.8. The van der Waals surface area contributed by atoms with Crippen LogP contribution in [0.25, 0.3) is 0 Å². The van der Waals surface area contributed by atoms with Crippen LogP contribution in [0.15, 0.2) is 33.8 Å². The average Bonchev–Trinajstić information content (AvgIpc) is 3.36. The van der Waals surface area contributed by atoms with Crippen molar-refractivity contribution < 1.29 is 18.5 Å². The number of hydrogen-bond donors (Lipinski definition) is 1. The third-order valence-electron chi connectivity index (χ3n) is 4.99. The number of benzene rings is 1. The highest BCUT2D eigenvalue weighted by atomic mass is 32.2. The molecule has 0 saturated heterocycles. The van der Waals surface area contributed by atoms with Gasteiger partial charge < -0.3 is 14.8 Å². The van der Waals surface area contributed by atoms with Gasteiger partial charge in [-0.1, -0.05) is 13.8 Å². The molecule has 1 atom stereocenters. The molecule has 1 unspecified atom stereocenters. The van der Waals surface area contributed by atoms with E-state index >= 15 is 0 Å². The Kier molecular flexibility index (Phi) is 4.10. The molecule has 6 heteroatoms. The van der Waals surface area contributed by atoms with Gasteiger partial charge in [-0.2, -0.15) is 0 Å². The molecule has 4 rings (SSSR count). The Bertz CT molecular complexity index is 780. The minimum Gasteiger partial charge on any atom is -0.459 e. The predicted molar refractivity (Wildman–Crippen MR) is 94.9 cm³/mol. The molecule has 5 nitrogen and oxygen atoms in total. The number of fused-ring (bicyclic) bond motifs is 1. The maximum absolute atomic E-state index is 12.8. The third kappa shape index (κ3) is 3.59. The summed E-state index contributed by atoms with van der Waals surface area (Å²) in [5.41, 5.74) is 0.150. The Morgan fingerprint density at radius 2 is 2.20 bits per heavy atom. The molecule has 1 aliphatic heterocycles. The highest BCUT2D eigenvalue weighted by molar-refractivity contribution is 7.89. The number of carbonyl (C=O) groups is 1. The molecule has 1 amide bonds. The molecule has 0 spiro atoms. The minimum atomic E-state index is -1.19. The van der Waals surface area contributed by atoms with Crippen molar-refractivity contribution in [3.63, 3.8) is 0 Å². The van der Waals surface area contributed by atoms with Crippen molar-refractivity contribution >= 4 is 16.9 Å². The summed E-state index contributed by atoms with van der Waals surface area (Å²) < 4.78 is 24.2. The first-order chi connectivity index (χ1) is 11.9. The van der Waals surface area contributed by atoms with Gasteiger partial charge in [0.05, 0.1) is 20.6 Å². The maximum Gasteiger partial charge on any atom is 0.412 e. The monoisotopic (exact) mass is 361 g/mol. The highest BCUT2D eigenvalue weighted by Gasteiger charge is 2.35. The zero-order valence-corrected chi connectivity index (χ0v) is 15.4. The summed E-state index contributed by atoms with van der Waals surface area (Å²) in [7, 11) is -1.19. The fraction of sp³-hybridized carbons (Fsp3) is 0.526. The van der Waals surface area contributed by atoms with E-state index in [4.69, 9.17) is 9.47 Å². The Morgan fingerprint density at radius 1 is 1.40 bits per heavy atom. The fourth-order valence-corrected chi connectivity index (χ4v) is 4.59. The summed E-state index contributed by atoms with van der Waals surface area (Å²) in [6, 6.07) is 5.07. The lowest BCUT2D eigenvalue weighted by molar-refractivity contribution is 0.199. The molecular weight excluding hydrogens is 338 g/mol. The minimum absolute atomic E-state index is 0.150. The molecule has 1 aromatic rings. The van der Waals surface area contributed by atoms with Gasteiger partial charge in [0.2, 0.25) is 0 Å². The van der Waals surface area contributed by atoms with Crippen LogP contribution in [0, 0.1) is 11.3 Å².